The highest BCUT2D eigenvalue weighted by Gasteiger charge is 2.43. The third-order valence-corrected chi connectivity index (χ3v) is 4.10. The lowest BCUT2D eigenvalue weighted by Crippen LogP contribution is -2.22. The molecule has 1 aromatic carbocycles. The van der Waals surface area contributed by atoms with E-state index in [0.717, 1.165) is 6.26 Å². The second-order valence-corrected chi connectivity index (χ2v) is 6.34. The third-order valence-electron chi connectivity index (χ3n) is 2.98. The van der Waals surface area contributed by atoms with E-state index in [2.05, 4.69) is 0 Å². The van der Waals surface area contributed by atoms with Gasteiger partial charge in [0.05, 0.1) is 7.11 Å². The van der Waals surface area contributed by atoms with Crippen LogP contribution in [0, 0.1) is 5.82 Å². The standard InChI is InChI=1S/C11H14FNO3S/c1-16-8-4-3-7(11(13)5-6-11)9(12)10(8)17(2,14)15/h3-4H,5-6,13H2,1-2H3. The summed E-state index contributed by atoms with van der Waals surface area (Å²) in [5.74, 6) is -0.773. The minimum atomic E-state index is -3.69. The Morgan fingerprint density at radius 3 is 2.41 bits per heavy atom. The summed E-state index contributed by atoms with van der Waals surface area (Å²) in [5, 5.41) is 0. The van der Waals surface area contributed by atoms with Crippen LogP contribution in [0.1, 0.15) is 18.4 Å². The maximum Gasteiger partial charge on any atom is 0.182 e. The van der Waals surface area contributed by atoms with E-state index < -0.39 is 26.1 Å². The van der Waals surface area contributed by atoms with Crippen molar-refractivity contribution >= 4 is 9.84 Å². The van der Waals surface area contributed by atoms with Crippen molar-refractivity contribution in [1.29, 1.82) is 0 Å². The molecular formula is C11H14FNO3S. The van der Waals surface area contributed by atoms with Gasteiger partial charge in [-0.3, -0.25) is 0 Å². The van der Waals surface area contributed by atoms with Gasteiger partial charge in [-0.25, -0.2) is 12.8 Å². The zero-order chi connectivity index (χ0) is 12.8. The summed E-state index contributed by atoms with van der Waals surface area (Å²) < 4.78 is 42.2. The lowest BCUT2D eigenvalue weighted by Gasteiger charge is -2.15. The van der Waals surface area contributed by atoms with Crippen LogP contribution in [-0.4, -0.2) is 21.8 Å². The molecule has 17 heavy (non-hydrogen) atoms. The van der Waals surface area contributed by atoms with Crippen LogP contribution in [0.15, 0.2) is 17.0 Å². The van der Waals surface area contributed by atoms with Gasteiger partial charge in [0, 0.05) is 17.4 Å². The van der Waals surface area contributed by atoms with Crippen LogP contribution in [0.4, 0.5) is 4.39 Å². The lowest BCUT2D eigenvalue weighted by molar-refractivity contribution is 0.392. The highest BCUT2D eigenvalue weighted by atomic mass is 32.2. The predicted octanol–water partition coefficient (Wildman–Crippen LogP) is 1.19. The van der Waals surface area contributed by atoms with E-state index in [1.54, 1.807) is 0 Å². The number of benzene rings is 1. The van der Waals surface area contributed by atoms with Crippen molar-refractivity contribution in [1.82, 2.24) is 0 Å². The van der Waals surface area contributed by atoms with E-state index in [1.165, 1.54) is 19.2 Å². The fourth-order valence-electron chi connectivity index (χ4n) is 1.83. The molecule has 2 rings (SSSR count). The van der Waals surface area contributed by atoms with Gasteiger partial charge in [0.1, 0.15) is 10.6 Å². The van der Waals surface area contributed by atoms with Crippen molar-refractivity contribution < 1.29 is 17.5 Å². The molecule has 0 spiro atoms. The summed E-state index contributed by atoms with van der Waals surface area (Å²) in [7, 11) is -2.38. The molecule has 1 aliphatic rings. The zero-order valence-corrected chi connectivity index (χ0v) is 10.5. The van der Waals surface area contributed by atoms with Gasteiger partial charge in [-0.15, -0.1) is 0 Å². The Morgan fingerprint density at radius 1 is 1.41 bits per heavy atom. The monoisotopic (exact) mass is 259 g/mol. The number of halogens is 1. The normalized spacial score (nSPS) is 17.9. The van der Waals surface area contributed by atoms with E-state index >= 15 is 0 Å². The van der Waals surface area contributed by atoms with E-state index in [1.807, 2.05) is 0 Å². The highest BCUT2D eigenvalue weighted by Crippen LogP contribution is 2.45. The number of nitrogens with two attached hydrogens (primary N) is 1. The van der Waals surface area contributed by atoms with Gasteiger partial charge < -0.3 is 10.5 Å². The van der Waals surface area contributed by atoms with Gasteiger partial charge in [0.15, 0.2) is 15.7 Å². The summed E-state index contributed by atoms with van der Waals surface area (Å²) in [6.07, 6.45) is 2.28. The molecule has 0 amide bonds. The van der Waals surface area contributed by atoms with Gasteiger partial charge in [-0.05, 0) is 18.9 Å². The molecule has 0 atom stereocenters. The number of sulfone groups is 1. The molecule has 1 fully saturated rings. The third kappa shape index (κ3) is 2.02. The predicted molar refractivity (Wildman–Crippen MR) is 61.2 cm³/mol. The van der Waals surface area contributed by atoms with Crippen molar-refractivity contribution in [3.05, 3.63) is 23.5 Å². The summed E-state index contributed by atoms with van der Waals surface area (Å²) in [6, 6.07) is 2.94. The maximum absolute atomic E-state index is 14.2. The first kappa shape index (κ1) is 12.3. The molecule has 0 bridgehead atoms. The lowest BCUT2D eigenvalue weighted by atomic mass is 10.1. The Morgan fingerprint density at radius 2 is 2.00 bits per heavy atom. The molecule has 0 saturated heterocycles. The fraction of sp³-hybridized carbons (Fsp3) is 0.455. The van der Waals surface area contributed by atoms with Gasteiger partial charge >= 0.3 is 0 Å². The SMILES string of the molecule is COc1ccc(C2(N)CC2)c(F)c1S(C)(=O)=O. The number of hydrogen-bond donors (Lipinski definition) is 1. The summed E-state index contributed by atoms with van der Waals surface area (Å²) >= 11 is 0. The molecule has 1 aromatic rings. The Hall–Kier alpha value is -1.14. The van der Waals surface area contributed by atoms with E-state index in [9.17, 15) is 12.8 Å². The van der Waals surface area contributed by atoms with Crippen LogP contribution in [0.2, 0.25) is 0 Å². The van der Waals surface area contributed by atoms with Crippen LogP contribution in [0.25, 0.3) is 0 Å². The Kier molecular flexibility index (Phi) is 2.67. The Bertz CT molecular complexity index is 564. The molecule has 0 aromatic heterocycles. The van der Waals surface area contributed by atoms with Gasteiger partial charge in [0.25, 0.3) is 0 Å². The van der Waals surface area contributed by atoms with Crippen LogP contribution in [0.5, 0.6) is 5.75 Å². The van der Waals surface area contributed by atoms with Crippen molar-refractivity contribution in [2.24, 2.45) is 5.73 Å². The van der Waals surface area contributed by atoms with Crippen LogP contribution >= 0.6 is 0 Å². The average Bonchev–Trinajstić information content (AvgIpc) is 2.94. The molecule has 0 radical (unpaired) electrons. The van der Waals surface area contributed by atoms with Crippen LogP contribution < -0.4 is 10.5 Å². The fourth-order valence-corrected chi connectivity index (χ4v) is 2.79. The van der Waals surface area contributed by atoms with Crippen molar-refractivity contribution in [2.45, 2.75) is 23.3 Å². The minimum absolute atomic E-state index is 0.0120. The van der Waals surface area contributed by atoms with E-state index in [0.29, 0.717) is 12.8 Å². The van der Waals surface area contributed by atoms with E-state index in [-0.39, 0.29) is 11.3 Å². The number of rotatable bonds is 3. The number of ether oxygens (including phenoxy) is 1. The quantitative estimate of drug-likeness (QED) is 0.885. The number of methoxy groups -OCH3 is 1. The Balaban J connectivity index is 2.70. The maximum atomic E-state index is 14.2. The second kappa shape index (κ2) is 3.68. The smallest absolute Gasteiger partial charge is 0.182 e. The van der Waals surface area contributed by atoms with Gasteiger partial charge in [-0.2, -0.15) is 0 Å². The number of hydrogen-bond acceptors (Lipinski definition) is 4. The van der Waals surface area contributed by atoms with Crippen LogP contribution in [0.3, 0.4) is 0 Å². The first-order valence-electron chi connectivity index (χ1n) is 5.15. The molecule has 0 heterocycles. The molecule has 2 N–H and O–H groups in total. The summed E-state index contributed by atoms with van der Waals surface area (Å²) in [4.78, 5) is -0.408. The molecule has 6 heteroatoms. The second-order valence-electron chi connectivity index (χ2n) is 4.39. The van der Waals surface area contributed by atoms with Gasteiger partial charge in [-0.1, -0.05) is 6.07 Å². The molecular weight excluding hydrogens is 245 g/mol. The largest absolute Gasteiger partial charge is 0.495 e. The highest BCUT2D eigenvalue weighted by molar-refractivity contribution is 7.90. The first-order valence-corrected chi connectivity index (χ1v) is 7.04. The molecule has 4 nitrogen and oxygen atoms in total. The zero-order valence-electron chi connectivity index (χ0n) is 9.66. The molecule has 0 unspecified atom stereocenters. The van der Waals surface area contributed by atoms with Crippen molar-refractivity contribution in [3.8, 4) is 5.75 Å². The first-order chi connectivity index (χ1) is 7.79. The topological polar surface area (TPSA) is 69.4 Å². The van der Waals surface area contributed by atoms with Crippen molar-refractivity contribution in [3.63, 3.8) is 0 Å². The summed E-state index contributed by atoms with van der Waals surface area (Å²) in [5.41, 5.74) is 5.43. The van der Waals surface area contributed by atoms with Gasteiger partial charge in [0.2, 0.25) is 0 Å². The summed E-state index contributed by atoms with van der Waals surface area (Å²) in [6.45, 7) is 0. The Labute approximate surface area is 99.5 Å². The van der Waals surface area contributed by atoms with Crippen molar-refractivity contribution in [2.75, 3.05) is 13.4 Å². The molecule has 1 aliphatic carbocycles. The minimum Gasteiger partial charge on any atom is -0.495 e. The molecule has 1 saturated carbocycles. The van der Waals surface area contributed by atoms with Crippen LogP contribution in [-0.2, 0) is 15.4 Å². The molecule has 94 valence electrons. The van der Waals surface area contributed by atoms with E-state index in [4.69, 9.17) is 10.5 Å². The molecule has 0 aliphatic heterocycles. The average molecular weight is 259 g/mol.